The lowest BCUT2D eigenvalue weighted by Crippen LogP contribution is -2.26. The number of aromatic nitrogens is 3. The van der Waals surface area contributed by atoms with E-state index in [-0.39, 0.29) is 5.91 Å². The summed E-state index contributed by atoms with van der Waals surface area (Å²) in [6.07, 6.45) is 5.70. The minimum atomic E-state index is 0.0336. The Hall–Kier alpha value is -1.18. The molecule has 0 fully saturated rings. The van der Waals surface area contributed by atoms with Crippen LogP contribution in [0.2, 0.25) is 5.02 Å². The van der Waals surface area contributed by atoms with Crippen LogP contribution in [-0.2, 0) is 4.79 Å². The second kappa shape index (κ2) is 7.01. The van der Waals surface area contributed by atoms with Crippen molar-refractivity contribution in [3.63, 3.8) is 0 Å². The average Bonchev–Trinajstić information content (AvgIpc) is 2.93. The molecule has 5 nitrogen and oxygen atoms in total. The molecular weight excluding hydrogens is 316 g/mol. The fourth-order valence-corrected chi connectivity index (χ4v) is 2.82. The second-order valence-corrected chi connectivity index (χ2v) is 6.36. The number of hydrogen-bond acceptors (Lipinski definition) is 6. The van der Waals surface area contributed by atoms with Crippen molar-refractivity contribution in [2.24, 2.45) is 0 Å². The Labute approximate surface area is 130 Å². The minimum absolute atomic E-state index is 0.0336. The number of anilines is 1. The third kappa shape index (κ3) is 3.68. The third-order valence-electron chi connectivity index (χ3n) is 2.55. The van der Waals surface area contributed by atoms with Crippen LogP contribution >= 0.6 is 34.7 Å². The molecule has 0 aliphatic heterocycles. The number of carbonyl (C=O) groups is 1. The van der Waals surface area contributed by atoms with Crippen molar-refractivity contribution in [2.45, 2.75) is 6.42 Å². The van der Waals surface area contributed by atoms with E-state index in [0.29, 0.717) is 21.6 Å². The molecule has 0 bridgehead atoms. The zero-order valence-corrected chi connectivity index (χ0v) is 13.4. The number of rotatable bonds is 5. The molecule has 0 aliphatic carbocycles. The molecule has 0 aromatic carbocycles. The highest BCUT2D eigenvalue weighted by atomic mass is 35.5. The summed E-state index contributed by atoms with van der Waals surface area (Å²) in [6, 6.07) is 1.77. The van der Waals surface area contributed by atoms with Crippen molar-refractivity contribution in [3.05, 3.63) is 23.5 Å². The van der Waals surface area contributed by atoms with Crippen molar-refractivity contribution < 1.29 is 4.79 Å². The maximum Gasteiger partial charge on any atom is 0.229 e. The summed E-state index contributed by atoms with van der Waals surface area (Å²) in [5.41, 5.74) is 0.797. The van der Waals surface area contributed by atoms with Gasteiger partial charge in [0.25, 0.3) is 0 Å². The topological polar surface area (TPSA) is 59.0 Å². The van der Waals surface area contributed by atoms with Crippen LogP contribution in [0.15, 0.2) is 18.5 Å². The first-order valence-electron chi connectivity index (χ1n) is 5.81. The second-order valence-electron chi connectivity index (χ2n) is 3.98. The van der Waals surface area contributed by atoms with Gasteiger partial charge < -0.3 is 0 Å². The number of halogens is 1. The summed E-state index contributed by atoms with van der Waals surface area (Å²) >= 11 is 8.88. The van der Waals surface area contributed by atoms with Gasteiger partial charge in [-0.15, -0.1) is 10.2 Å². The highest BCUT2D eigenvalue weighted by Gasteiger charge is 2.16. The lowest BCUT2D eigenvalue weighted by Gasteiger charge is -2.12. The number of thioether (sulfide) groups is 1. The van der Waals surface area contributed by atoms with E-state index in [1.54, 1.807) is 37.3 Å². The van der Waals surface area contributed by atoms with Crippen molar-refractivity contribution in [1.29, 1.82) is 0 Å². The van der Waals surface area contributed by atoms with Gasteiger partial charge in [-0.3, -0.25) is 14.7 Å². The molecule has 0 saturated heterocycles. The minimum Gasteiger partial charge on any atom is -0.290 e. The number of pyridine rings is 1. The molecule has 0 aliphatic rings. The van der Waals surface area contributed by atoms with Gasteiger partial charge in [0.15, 0.2) is 5.01 Å². The Kier molecular flexibility index (Phi) is 5.33. The Bertz CT molecular complexity index is 605. The SMILES string of the molecule is CSCCC(=O)N(C)c1nnc(-c2cncc(Cl)c2)s1. The fraction of sp³-hybridized carbons (Fsp3) is 0.333. The molecule has 0 atom stereocenters. The Morgan fingerprint density at radius 3 is 2.95 bits per heavy atom. The summed E-state index contributed by atoms with van der Waals surface area (Å²) in [7, 11) is 1.71. The van der Waals surface area contributed by atoms with E-state index in [2.05, 4.69) is 15.2 Å². The molecule has 20 heavy (non-hydrogen) atoms. The van der Waals surface area contributed by atoms with Crippen molar-refractivity contribution >= 4 is 45.7 Å². The molecule has 0 unspecified atom stereocenters. The molecule has 8 heteroatoms. The van der Waals surface area contributed by atoms with Gasteiger partial charge in [0, 0.05) is 37.2 Å². The highest BCUT2D eigenvalue weighted by Crippen LogP contribution is 2.29. The summed E-state index contributed by atoms with van der Waals surface area (Å²) < 4.78 is 0. The quantitative estimate of drug-likeness (QED) is 0.844. The van der Waals surface area contributed by atoms with Gasteiger partial charge in [0.05, 0.1) is 5.02 Å². The molecule has 0 saturated carbocycles. The van der Waals surface area contributed by atoms with E-state index in [1.807, 2.05) is 6.26 Å². The van der Waals surface area contributed by atoms with Crippen LogP contribution in [0, 0.1) is 0 Å². The van der Waals surface area contributed by atoms with Crippen molar-refractivity contribution in [2.75, 3.05) is 24.0 Å². The molecule has 0 radical (unpaired) electrons. The predicted molar refractivity (Wildman–Crippen MR) is 84.6 cm³/mol. The van der Waals surface area contributed by atoms with E-state index >= 15 is 0 Å². The predicted octanol–water partition coefficient (Wildman–Crippen LogP) is 2.97. The Balaban J connectivity index is 2.14. The summed E-state index contributed by atoms with van der Waals surface area (Å²) in [4.78, 5) is 17.5. The van der Waals surface area contributed by atoms with Crippen LogP contribution in [0.3, 0.4) is 0 Å². The Morgan fingerprint density at radius 2 is 2.25 bits per heavy atom. The van der Waals surface area contributed by atoms with E-state index in [1.165, 1.54) is 16.2 Å². The standard InChI is InChI=1S/C12H13ClN4OS2/c1-17(10(18)3-4-19-2)12-16-15-11(20-12)8-5-9(13)7-14-6-8/h5-7H,3-4H2,1-2H3. The summed E-state index contributed by atoms with van der Waals surface area (Å²) in [6.45, 7) is 0. The van der Waals surface area contributed by atoms with Crippen LogP contribution < -0.4 is 4.90 Å². The van der Waals surface area contributed by atoms with Crippen molar-refractivity contribution in [1.82, 2.24) is 15.2 Å². The van der Waals surface area contributed by atoms with Gasteiger partial charge in [0.1, 0.15) is 0 Å². The number of carbonyl (C=O) groups excluding carboxylic acids is 1. The maximum absolute atomic E-state index is 11.9. The van der Waals surface area contributed by atoms with Gasteiger partial charge in [-0.25, -0.2) is 0 Å². The van der Waals surface area contributed by atoms with E-state index in [0.717, 1.165) is 11.3 Å². The molecule has 2 rings (SSSR count). The highest BCUT2D eigenvalue weighted by molar-refractivity contribution is 7.98. The van der Waals surface area contributed by atoms with Gasteiger partial charge in [0.2, 0.25) is 11.0 Å². The van der Waals surface area contributed by atoms with Gasteiger partial charge >= 0.3 is 0 Å². The van der Waals surface area contributed by atoms with Crippen LogP contribution in [-0.4, -0.2) is 40.1 Å². The van der Waals surface area contributed by atoms with Crippen molar-refractivity contribution in [3.8, 4) is 10.6 Å². The molecule has 0 spiro atoms. The lowest BCUT2D eigenvalue weighted by atomic mass is 10.3. The normalized spacial score (nSPS) is 10.6. The lowest BCUT2D eigenvalue weighted by molar-refractivity contribution is -0.117. The first-order chi connectivity index (χ1) is 9.61. The van der Waals surface area contributed by atoms with E-state index in [9.17, 15) is 4.79 Å². The Morgan fingerprint density at radius 1 is 1.45 bits per heavy atom. The molecule has 106 valence electrons. The first kappa shape index (κ1) is 15.2. The first-order valence-corrected chi connectivity index (χ1v) is 8.40. The van der Waals surface area contributed by atoms with Gasteiger partial charge in [-0.2, -0.15) is 11.8 Å². The molecule has 2 aromatic heterocycles. The van der Waals surface area contributed by atoms with E-state index < -0.39 is 0 Å². The van der Waals surface area contributed by atoms with Crippen LogP contribution in [0.4, 0.5) is 5.13 Å². The number of amides is 1. The molecule has 2 aromatic rings. The van der Waals surface area contributed by atoms with Gasteiger partial charge in [-0.1, -0.05) is 22.9 Å². The molecule has 2 heterocycles. The maximum atomic E-state index is 11.9. The zero-order valence-electron chi connectivity index (χ0n) is 11.0. The largest absolute Gasteiger partial charge is 0.290 e. The average molecular weight is 329 g/mol. The molecule has 1 amide bonds. The molecular formula is C12H13ClN4OS2. The van der Waals surface area contributed by atoms with E-state index in [4.69, 9.17) is 11.6 Å². The number of nitrogens with zero attached hydrogens (tertiary/aromatic N) is 4. The van der Waals surface area contributed by atoms with Crippen LogP contribution in [0.25, 0.3) is 10.6 Å². The fourth-order valence-electron chi connectivity index (χ4n) is 1.46. The molecule has 0 N–H and O–H groups in total. The summed E-state index contributed by atoms with van der Waals surface area (Å²) in [5.74, 6) is 0.832. The number of hydrogen-bond donors (Lipinski definition) is 0. The monoisotopic (exact) mass is 328 g/mol. The summed E-state index contributed by atoms with van der Waals surface area (Å²) in [5, 5.41) is 9.94. The third-order valence-corrected chi connectivity index (χ3v) is 4.42. The van der Waals surface area contributed by atoms with Gasteiger partial charge in [-0.05, 0) is 12.3 Å². The van der Waals surface area contributed by atoms with Crippen LogP contribution in [0.5, 0.6) is 0 Å². The zero-order chi connectivity index (χ0) is 14.5. The smallest absolute Gasteiger partial charge is 0.229 e. The van der Waals surface area contributed by atoms with Crippen LogP contribution in [0.1, 0.15) is 6.42 Å².